The summed E-state index contributed by atoms with van der Waals surface area (Å²) in [7, 11) is 2.08. The maximum absolute atomic E-state index is 3.48. The Kier molecular flexibility index (Phi) is 3.82. The van der Waals surface area contributed by atoms with Crippen LogP contribution in [0.15, 0.2) is 24.3 Å². The molecule has 1 fully saturated rings. The molecule has 0 aromatic heterocycles. The van der Waals surface area contributed by atoms with Crippen LogP contribution in [0.25, 0.3) is 0 Å². The number of hydrogen-bond acceptors (Lipinski definition) is 1. The van der Waals surface area contributed by atoms with Crippen molar-refractivity contribution in [2.45, 2.75) is 52.0 Å². The Labute approximate surface area is 112 Å². The third kappa shape index (κ3) is 2.61. The van der Waals surface area contributed by atoms with Gasteiger partial charge in [0.2, 0.25) is 0 Å². The monoisotopic (exact) mass is 245 g/mol. The molecular formula is C17H27N. The van der Waals surface area contributed by atoms with Crippen LogP contribution in [0.5, 0.6) is 0 Å². The first-order valence-electron chi connectivity index (χ1n) is 7.27. The average molecular weight is 245 g/mol. The molecule has 100 valence electrons. The van der Waals surface area contributed by atoms with Crippen LogP contribution in [-0.2, 0) is 5.41 Å². The van der Waals surface area contributed by atoms with E-state index in [1.807, 2.05) is 0 Å². The zero-order chi connectivity index (χ0) is 13.3. The van der Waals surface area contributed by atoms with Crippen molar-refractivity contribution in [1.29, 1.82) is 0 Å². The topological polar surface area (TPSA) is 12.0 Å². The van der Waals surface area contributed by atoms with Crippen LogP contribution >= 0.6 is 0 Å². The standard InChI is InChI=1S/C17H27N/c1-6-17(3,4)14-9-7-13(8-10-14)16(18-5)15-11-12(15)2/h7-10,12,15-16,18H,6,11H2,1-5H3. The van der Waals surface area contributed by atoms with Crippen LogP contribution in [-0.4, -0.2) is 7.05 Å². The van der Waals surface area contributed by atoms with Crippen LogP contribution in [0.2, 0.25) is 0 Å². The first kappa shape index (κ1) is 13.6. The molecular weight excluding hydrogens is 218 g/mol. The summed E-state index contributed by atoms with van der Waals surface area (Å²) in [4.78, 5) is 0. The lowest BCUT2D eigenvalue weighted by atomic mass is 9.81. The van der Waals surface area contributed by atoms with Gasteiger partial charge < -0.3 is 5.32 Å². The maximum Gasteiger partial charge on any atom is 0.0348 e. The van der Waals surface area contributed by atoms with Gasteiger partial charge in [-0.05, 0) is 48.3 Å². The van der Waals surface area contributed by atoms with E-state index in [1.54, 1.807) is 0 Å². The highest BCUT2D eigenvalue weighted by atomic mass is 14.9. The van der Waals surface area contributed by atoms with Crippen LogP contribution in [0.4, 0.5) is 0 Å². The molecule has 18 heavy (non-hydrogen) atoms. The van der Waals surface area contributed by atoms with Gasteiger partial charge in [-0.2, -0.15) is 0 Å². The van der Waals surface area contributed by atoms with Gasteiger partial charge in [-0.3, -0.25) is 0 Å². The van der Waals surface area contributed by atoms with Crippen LogP contribution in [0.1, 0.15) is 57.7 Å². The molecule has 1 aliphatic rings. The molecule has 0 saturated heterocycles. The largest absolute Gasteiger partial charge is 0.313 e. The number of nitrogens with one attached hydrogen (secondary N) is 1. The fourth-order valence-corrected chi connectivity index (χ4v) is 2.79. The minimum Gasteiger partial charge on any atom is -0.313 e. The van der Waals surface area contributed by atoms with E-state index in [1.165, 1.54) is 24.0 Å². The van der Waals surface area contributed by atoms with Crippen LogP contribution in [0, 0.1) is 11.8 Å². The molecule has 2 rings (SSSR count). The van der Waals surface area contributed by atoms with Gasteiger partial charge in [0, 0.05) is 6.04 Å². The highest BCUT2D eigenvalue weighted by Crippen LogP contribution is 2.46. The Balaban J connectivity index is 2.16. The molecule has 0 radical (unpaired) electrons. The van der Waals surface area contributed by atoms with E-state index < -0.39 is 0 Å². The summed E-state index contributed by atoms with van der Waals surface area (Å²) in [6.07, 6.45) is 2.55. The van der Waals surface area contributed by atoms with E-state index in [-0.39, 0.29) is 0 Å². The third-order valence-corrected chi connectivity index (χ3v) is 4.85. The van der Waals surface area contributed by atoms with Crippen molar-refractivity contribution in [2.75, 3.05) is 7.05 Å². The van der Waals surface area contributed by atoms with Gasteiger partial charge in [0.25, 0.3) is 0 Å². The molecule has 3 atom stereocenters. The molecule has 0 aliphatic heterocycles. The van der Waals surface area contributed by atoms with Gasteiger partial charge >= 0.3 is 0 Å². The first-order chi connectivity index (χ1) is 8.49. The molecule has 3 unspecified atom stereocenters. The molecule has 1 N–H and O–H groups in total. The molecule has 0 bridgehead atoms. The maximum atomic E-state index is 3.48. The van der Waals surface area contributed by atoms with Gasteiger partial charge in [-0.25, -0.2) is 0 Å². The fourth-order valence-electron chi connectivity index (χ4n) is 2.79. The summed E-state index contributed by atoms with van der Waals surface area (Å²) >= 11 is 0. The Morgan fingerprint density at radius 3 is 2.22 bits per heavy atom. The molecule has 1 aromatic rings. The highest BCUT2D eigenvalue weighted by molar-refractivity contribution is 5.30. The zero-order valence-electron chi connectivity index (χ0n) is 12.5. The normalized spacial score (nSPS) is 24.9. The van der Waals surface area contributed by atoms with Crippen LogP contribution < -0.4 is 5.32 Å². The molecule has 0 spiro atoms. The van der Waals surface area contributed by atoms with E-state index >= 15 is 0 Å². The summed E-state index contributed by atoms with van der Waals surface area (Å²) in [6, 6.07) is 9.81. The van der Waals surface area contributed by atoms with Crippen LogP contribution in [0.3, 0.4) is 0 Å². The van der Waals surface area contributed by atoms with Gasteiger partial charge in [0.1, 0.15) is 0 Å². The Morgan fingerprint density at radius 1 is 1.28 bits per heavy atom. The second-order valence-electron chi connectivity index (χ2n) is 6.50. The summed E-state index contributed by atoms with van der Waals surface area (Å²) in [5, 5.41) is 3.48. The molecule has 1 heteroatoms. The summed E-state index contributed by atoms with van der Waals surface area (Å²) in [5.41, 5.74) is 3.19. The lowest BCUT2D eigenvalue weighted by Crippen LogP contribution is -2.20. The molecule has 1 nitrogen and oxygen atoms in total. The minimum atomic E-state index is 0.292. The predicted octanol–water partition coefficient (Wildman–Crippen LogP) is 4.29. The second kappa shape index (κ2) is 5.05. The lowest BCUT2D eigenvalue weighted by Gasteiger charge is -2.24. The molecule has 1 saturated carbocycles. The van der Waals surface area contributed by atoms with Gasteiger partial charge in [-0.1, -0.05) is 52.0 Å². The van der Waals surface area contributed by atoms with Gasteiger partial charge in [0.15, 0.2) is 0 Å². The first-order valence-corrected chi connectivity index (χ1v) is 7.27. The van der Waals surface area contributed by atoms with E-state index in [4.69, 9.17) is 0 Å². The predicted molar refractivity (Wildman–Crippen MR) is 78.8 cm³/mol. The van der Waals surface area contributed by atoms with Crippen molar-refractivity contribution in [2.24, 2.45) is 11.8 Å². The quantitative estimate of drug-likeness (QED) is 0.816. The Bertz CT molecular complexity index is 391. The van der Waals surface area contributed by atoms with Crippen molar-refractivity contribution in [3.63, 3.8) is 0 Å². The van der Waals surface area contributed by atoms with Crippen molar-refractivity contribution >= 4 is 0 Å². The van der Waals surface area contributed by atoms with Crippen molar-refractivity contribution < 1.29 is 0 Å². The van der Waals surface area contributed by atoms with Gasteiger partial charge in [0.05, 0.1) is 0 Å². The second-order valence-corrected chi connectivity index (χ2v) is 6.50. The van der Waals surface area contributed by atoms with E-state index in [0.717, 1.165) is 11.8 Å². The third-order valence-electron chi connectivity index (χ3n) is 4.85. The summed E-state index contributed by atoms with van der Waals surface area (Å²) in [6.45, 7) is 9.25. The molecule has 0 heterocycles. The zero-order valence-corrected chi connectivity index (χ0v) is 12.5. The van der Waals surface area contributed by atoms with E-state index in [0.29, 0.717) is 11.5 Å². The molecule has 0 amide bonds. The minimum absolute atomic E-state index is 0.292. The number of benzene rings is 1. The summed E-state index contributed by atoms with van der Waals surface area (Å²) < 4.78 is 0. The fraction of sp³-hybridized carbons (Fsp3) is 0.647. The number of hydrogen-bond donors (Lipinski definition) is 1. The Hall–Kier alpha value is -0.820. The lowest BCUT2D eigenvalue weighted by molar-refractivity contribution is 0.496. The summed E-state index contributed by atoms with van der Waals surface area (Å²) in [5.74, 6) is 1.72. The highest BCUT2D eigenvalue weighted by Gasteiger charge is 2.39. The SMILES string of the molecule is CCC(C)(C)c1ccc(C(NC)C2CC2C)cc1. The Morgan fingerprint density at radius 2 is 1.83 bits per heavy atom. The van der Waals surface area contributed by atoms with Crippen molar-refractivity contribution in [3.05, 3.63) is 35.4 Å². The van der Waals surface area contributed by atoms with E-state index in [9.17, 15) is 0 Å². The molecule has 1 aromatic carbocycles. The number of rotatable bonds is 5. The van der Waals surface area contributed by atoms with E-state index in [2.05, 4.69) is 64.3 Å². The van der Waals surface area contributed by atoms with Gasteiger partial charge in [-0.15, -0.1) is 0 Å². The molecule has 1 aliphatic carbocycles. The van der Waals surface area contributed by atoms with Crippen molar-refractivity contribution in [3.8, 4) is 0 Å². The average Bonchev–Trinajstić information content (AvgIpc) is 3.08. The van der Waals surface area contributed by atoms with Crippen molar-refractivity contribution in [1.82, 2.24) is 5.32 Å². The smallest absolute Gasteiger partial charge is 0.0348 e.